The minimum Gasteiger partial charge on any atom is -0.480 e. The van der Waals surface area contributed by atoms with E-state index < -0.39 is 11.5 Å². The summed E-state index contributed by atoms with van der Waals surface area (Å²) in [5.41, 5.74) is -1.02. The number of carbonyl (C=O) groups excluding carboxylic acids is 1. The molecule has 5 nitrogen and oxygen atoms in total. The molecule has 1 aliphatic carbocycles. The maximum absolute atomic E-state index is 11.6. The number of aliphatic carboxylic acids is 1. The third-order valence-corrected chi connectivity index (χ3v) is 2.96. The smallest absolute Gasteiger partial charge is 0.329 e. The molecule has 0 radical (unpaired) electrons. The number of likely N-dealkylation sites (N-methyl/N-ethyl adjacent to an activating group) is 1. The third-order valence-electron chi connectivity index (χ3n) is 2.96. The molecule has 0 unspecified atom stereocenters. The van der Waals surface area contributed by atoms with Crippen molar-refractivity contribution in [2.75, 3.05) is 20.6 Å². The highest BCUT2D eigenvalue weighted by atomic mass is 16.4. The van der Waals surface area contributed by atoms with Crippen molar-refractivity contribution in [3.63, 3.8) is 0 Å². The van der Waals surface area contributed by atoms with Gasteiger partial charge in [-0.05, 0) is 26.9 Å². The maximum Gasteiger partial charge on any atom is 0.329 e. The number of hydrogen-bond acceptors (Lipinski definition) is 3. The fourth-order valence-corrected chi connectivity index (χ4v) is 2.14. The van der Waals surface area contributed by atoms with Crippen LogP contribution in [0, 0.1) is 0 Å². The quantitative estimate of drug-likeness (QED) is 0.733. The molecular formula is C11H20N2O3. The molecule has 92 valence electrons. The summed E-state index contributed by atoms with van der Waals surface area (Å²) in [6.07, 6.45) is 3.88. The maximum atomic E-state index is 11.6. The Bertz CT molecular complexity index is 270. The van der Waals surface area contributed by atoms with E-state index in [1.807, 2.05) is 0 Å². The van der Waals surface area contributed by atoms with Crippen LogP contribution in [0.5, 0.6) is 0 Å². The number of carbonyl (C=O) groups is 2. The van der Waals surface area contributed by atoms with Gasteiger partial charge in [0, 0.05) is 0 Å². The topological polar surface area (TPSA) is 69.6 Å². The fourth-order valence-electron chi connectivity index (χ4n) is 2.14. The van der Waals surface area contributed by atoms with Gasteiger partial charge in [0.2, 0.25) is 5.91 Å². The Morgan fingerprint density at radius 3 is 2.25 bits per heavy atom. The van der Waals surface area contributed by atoms with Gasteiger partial charge in [-0.15, -0.1) is 0 Å². The lowest BCUT2D eigenvalue weighted by Gasteiger charge is -2.34. The van der Waals surface area contributed by atoms with Crippen molar-refractivity contribution in [1.29, 1.82) is 0 Å². The van der Waals surface area contributed by atoms with E-state index in [-0.39, 0.29) is 12.5 Å². The summed E-state index contributed by atoms with van der Waals surface area (Å²) in [4.78, 5) is 24.6. The lowest BCUT2D eigenvalue weighted by atomic mass is 9.81. The molecule has 1 fully saturated rings. The number of carboxylic acids is 1. The molecule has 16 heavy (non-hydrogen) atoms. The highest BCUT2D eigenvalue weighted by Crippen LogP contribution is 2.28. The van der Waals surface area contributed by atoms with E-state index in [4.69, 9.17) is 0 Å². The van der Waals surface area contributed by atoms with Crippen LogP contribution in [0.1, 0.15) is 32.1 Å². The van der Waals surface area contributed by atoms with Crippen molar-refractivity contribution < 1.29 is 14.7 Å². The first-order chi connectivity index (χ1) is 7.46. The Balaban J connectivity index is 2.64. The number of nitrogens with one attached hydrogen (secondary N) is 1. The average molecular weight is 228 g/mol. The van der Waals surface area contributed by atoms with Crippen LogP contribution in [0.4, 0.5) is 0 Å². The summed E-state index contributed by atoms with van der Waals surface area (Å²) in [6.45, 7) is 0.231. The molecule has 0 spiro atoms. The Morgan fingerprint density at radius 2 is 1.81 bits per heavy atom. The molecule has 0 aliphatic heterocycles. The molecule has 2 N–H and O–H groups in total. The van der Waals surface area contributed by atoms with Gasteiger partial charge in [-0.2, -0.15) is 0 Å². The summed E-state index contributed by atoms with van der Waals surface area (Å²) >= 11 is 0. The monoisotopic (exact) mass is 228 g/mol. The van der Waals surface area contributed by atoms with Crippen LogP contribution in [0.15, 0.2) is 0 Å². The van der Waals surface area contributed by atoms with Crippen molar-refractivity contribution in [2.24, 2.45) is 0 Å². The van der Waals surface area contributed by atoms with Gasteiger partial charge in [-0.3, -0.25) is 4.79 Å². The molecule has 1 aliphatic rings. The number of hydrogen-bond donors (Lipinski definition) is 2. The Kier molecular flexibility index (Phi) is 4.29. The van der Waals surface area contributed by atoms with Crippen molar-refractivity contribution in [3.8, 4) is 0 Å². The Hall–Kier alpha value is -1.10. The summed E-state index contributed by atoms with van der Waals surface area (Å²) in [5.74, 6) is -1.12. The van der Waals surface area contributed by atoms with E-state index in [0.29, 0.717) is 12.8 Å². The number of carboxylic acid groups (broad SMARTS) is 1. The van der Waals surface area contributed by atoms with Gasteiger partial charge >= 0.3 is 5.97 Å². The van der Waals surface area contributed by atoms with Gasteiger partial charge < -0.3 is 15.3 Å². The van der Waals surface area contributed by atoms with Crippen molar-refractivity contribution in [2.45, 2.75) is 37.6 Å². The molecule has 0 saturated heterocycles. The van der Waals surface area contributed by atoms with Crippen LogP contribution in [-0.2, 0) is 9.59 Å². The van der Waals surface area contributed by atoms with E-state index in [9.17, 15) is 14.7 Å². The lowest BCUT2D eigenvalue weighted by molar-refractivity contribution is -0.149. The van der Waals surface area contributed by atoms with Crippen LogP contribution in [0.3, 0.4) is 0 Å². The van der Waals surface area contributed by atoms with Crippen LogP contribution in [-0.4, -0.2) is 48.1 Å². The molecule has 1 saturated carbocycles. The lowest BCUT2D eigenvalue weighted by Crippen LogP contribution is -2.57. The van der Waals surface area contributed by atoms with Crippen molar-refractivity contribution in [3.05, 3.63) is 0 Å². The van der Waals surface area contributed by atoms with E-state index >= 15 is 0 Å². The van der Waals surface area contributed by atoms with Crippen LogP contribution in [0.2, 0.25) is 0 Å². The van der Waals surface area contributed by atoms with Gasteiger partial charge in [0.1, 0.15) is 5.54 Å². The van der Waals surface area contributed by atoms with Gasteiger partial charge in [-0.25, -0.2) is 4.79 Å². The zero-order valence-corrected chi connectivity index (χ0v) is 9.95. The minimum absolute atomic E-state index is 0.214. The van der Waals surface area contributed by atoms with Crippen LogP contribution >= 0.6 is 0 Å². The Labute approximate surface area is 95.8 Å². The van der Waals surface area contributed by atoms with Gasteiger partial charge in [0.25, 0.3) is 0 Å². The molecular weight excluding hydrogens is 208 g/mol. The zero-order chi connectivity index (χ0) is 12.2. The first kappa shape index (κ1) is 13.0. The molecule has 0 bridgehead atoms. The second-order valence-corrected chi connectivity index (χ2v) is 4.73. The number of rotatable bonds is 4. The second-order valence-electron chi connectivity index (χ2n) is 4.73. The predicted molar refractivity (Wildman–Crippen MR) is 60.1 cm³/mol. The first-order valence-corrected chi connectivity index (χ1v) is 5.65. The molecule has 0 aromatic heterocycles. The summed E-state index contributed by atoms with van der Waals surface area (Å²) in [5, 5.41) is 11.9. The standard InChI is InChI=1S/C11H20N2O3/c1-13(2)8-9(14)12-11(10(15)16)6-4-3-5-7-11/h3-8H2,1-2H3,(H,12,14)(H,15,16). The van der Waals surface area contributed by atoms with E-state index in [1.165, 1.54) is 0 Å². The molecule has 0 aromatic carbocycles. The predicted octanol–water partition coefficient (Wildman–Crippen LogP) is 0.452. The SMILES string of the molecule is CN(C)CC(=O)NC1(C(=O)O)CCCCC1. The highest BCUT2D eigenvalue weighted by Gasteiger charge is 2.40. The van der Waals surface area contributed by atoms with Gasteiger partial charge in [0.15, 0.2) is 0 Å². The van der Waals surface area contributed by atoms with E-state index in [2.05, 4.69) is 5.32 Å². The largest absolute Gasteiger partial charge is 0.480 e. The van der Waals surface area contributed by atoms with Crippen LogP contribution in [0.25, 0.3) is 0 Å². The van der Waals surface area contributed by atoms with Crippen LogP contribution < -0.4 is 5.32 Å². The van der Waals surface area contributed by atoms with Crippen molar-refractivity contribution in [1.82, 2.24) is 10.2 Å². The highest BCUT2D eigenvalue weighted by molar-refractivity contribution is 5.87. The molecule has 0 atom stereocenters. The van der Waals surface area contributed by atoms with Gasteiger partial charge in [-0.1, -0.05) is 19.3 Å². The zero-order valence-electron chi connectivity index (χ0n) is 9.95. The molecule has 0 aromatic rings. The van der Waals surface area contributed by atoms with E-state index in [0.717, 1.165) is 19.3 Å². The second kappa shape index (κ2) is 5.30. The number of nitrogens with zero attached hydrogens (tertiary/aromatic N) is 1. The summed E-state index contributed by atoms with van der Waals surface area (Å²) in [7, 11) is 3.57. The minimum atomic E-state index is -1.02. The molecule has 0 heterocycles. The first-order valence-electron chi connectivity index (χ1n) is 5.65. The van der Waals surface area contributed by atoms with Gasteiger partial charge in [0.05, 0.1) is 6.54 Å². The normalized spacial score (nSPS) is 19.4. The molecule has 5 heteroatoms. The third kappa shape index (κ3) is 3.20. The number of amides is 1. The van der Waals surface area contributed by atoms with E-state index in [1.54, 1.807) is 19.0 Å². The fraction of sp³-hybridized carbons (Fsp3) is 0.818. The summed E-state index contributed by atoms with van der Waals surface area (Å²) < 4.78 is 0. The van der Waals surface area contributed by atoms with Crippen molar-refractivity contribution >= 4 is 11.9 Å². The molecule has 1 rings (SSSR count). The molecule has 1 amide bonds. The summed E-state index contributed by atoms with van der Waals surface area (Å²) in [6, 6.07) is 0. The average Bonchev–Trinajstić information content (AvgIpc) is 2.17. The Morgan fingerprint density at radius 1 is 1.25 bits per heavy atom.